The number of morpholine rings is 1. The van der Waals surface area contributed by atoms with Crippen LogP contribution in [0.3, 0.4) is 0 Å². The van der Waals surface area contributed by atoms with Crippen molar-refractivity contribution < 1.29 is 13.9 Å². The van der Waals surface area contributed by atoms with Gasteiger partial charge in [0.05, 0.1) is 24.8 Å². The molecule has 0 atom stereocenters. The molecule has 1 fully saturated rings. The second-order valence-electron chi connectivity index (χ2n) is 6.64. The van der Waals surface area contributed by atoms with E-state index in [4.69, 9.17) is 14.9 Å². The fourth-order valence-electron chi connectivity index (χ4n) is 3.09. The highest BCUT2D eigenvalue weighted by molar-refractivity contribution is 6.10. The Morgan fingerprint density at radius 3 is 2.67 bits per heavy atom. The molecular formula is C20H19N7O3. The van der Waals surface area contributed by atoms with E-state index in [1.165, 1.54) is 6.07 Å². The van der Waals surface area contributed by atoms with Crippen LogP contribution in [0.1, 0.15) is 27.4 Å². The third kappa shape index (κ3) is 4.03. The Balaban J connectivity index is 1.68. The second-order valence-corrected chi connectivity index (χ2v) is 6.64. The van der Waals surface area contributed by atoms with Gasteiger partial charge in [0.25, 0.3) is 11.7 Å². The number of aromatic nitrogens is 4. The number of hydrogen-bond donors (Lipinski definition) is 1. The molecule has 0 spiro atoms. The van der Waals surface area contributed by atoms with E-state index < -0.39 is 5.78 Å². The minimum atomic E-state index is -0.497. The summed E-state index contributed by atoms with van der Waals surface area (Å²) in [5, 5.41) is 17.2. The molecule has 4 rings (SSSR count). The van der Waals surface area contributed by atoms with Gasteiger partial charge in [-0.25, -0.2) is 9.97 Å². The number of nitrogens with two attached hydrogens (primary N) is 1. The molecule has 10 heteroatoms. The number of nitrogens with zero attached hydrogens (tertiary/aromatic N) is 6. The molecule has 0 amide bonds. The molecule has 0 radical (unpaired) electrons. The summed E-state index contributed by atoms with van der Waals surface area (Å²) in [7, 11) is 0. The van der Waals surface area contributed by atoms with E-state index >= 15 is 0 Å². The zero-order valence-corrected chi connectivity index (χ0v) is 16.1. The molecule has 1 aliphatic heterocycles. The van der Waals surface area contributed by atoms with Crippen LogP contribution in [0.4, 0.5) is 6.01 Å². The summed E-state index contributed by atoms with van der Waals surface area (Å²) < 4.78 is 10.9. The van der Waals surface area contributed by atoms with Crippen molar-refractivity contribution in [2.45, 2.75) is 6.42 Å². The molecule has 1 aliphatic rings. The molecule has 0 saturated carbocycles. The molecule has 2 aromatic heterocycles. The normalized spacial score (nSPS) is 13.8. The first-order valence-corrected chi connectivity index (χ1v) is 9.46. The predicted octanol–water partition coefficient (Wildman–Crippen LogP) is 0.967. The van der Waals surface area contributed by atoms with Gasteiger partial charge in [-0.15, -0.1) is 5.10 Å². The van der Waals surface area contributed by atoms with Crippen LogP contribution in [0.2, 0.25) is 0 Å². The van der Waals surface area contributed by atoms with Crippen molar-refractivity contribution >= 4 is 11.8 Å². The van der Waals surface area contributed by atoms with Gasteiger partial charge in [-0.1, -0.05) is 5.10 Å². The van der Waals surface area contributed by atoms with E-state index in [0.29, 0.717) is 56.2 Å². The van der Waals surface area contributed by atoms with Crippen LogP contribution in [0.15, 0.2) is 35.0 Å². The maximum absolute atomic E-state index is 13.2. The van der Waals surface area contributed by atoms with Crippen LogP contribution < -0.4 is 10.6 Å². The molecule has 10 nitrogen and oxygen atoms in total. The summed E-state index contributed by atoms with van der Waals surface area (Å²) in [5.74, 6) is -0.298. The molecule has 0 aliphatic carbocycles. The highest BCUT2D eigenvalue weighted by atomic mass is 16.5. The summed E-state index contributed by atoms with van der Waals surface area (Å²) in [6.45, 7) is 2.81. The Morgan fingerprint density at radius 2 is 1.97 bits per heavy atom. The van der Waals surface area contributed by atoms with Gasteiger partial charge in [-0.05, 0) is 36.7 Å². The third-order valence-corrected chi connectivity index (χ3v) is 4.66. The first-order chi connectivity index (χ1) is 14.7. The highest BCUT2D eigenvalue weighted by Crippen LogP contribution is 2.25. The van der Waals surface area contributed by atoms with Gasteiger partial charge in [0.1, 0.15) is 0 Å². The van der Waals surface area contributed by atoms with E-state index in [1.807, 2.05) is 11.0 Å². The van der Waals surface area contributed by atoms with Crippen LogP contribution in [0, 0.1) is 11.3 Å². The van der Waals surface area contributed by atoms with Gasteiger partial charge in [0, 0.05) is 36.6 Å². The SMILES string of the molecule is N#Cc1ccc(-c2ncc(CCN)cn2)c(C(=O)c2nnc(N3CCOCC3)o2)c1. The van der Waals surface area contributed by atoms with Crippen LogP contribution in [0.5, 0.6) is 0 Å². The Labute approximate surface area is 172 Å². The summed E-state index contributed by atoms with van der Waals surface area (Å²) >= 11 is 0. The summed E-state index contributed by atoms with van der Waals surface area (Å²) in [4.78, 5) is 23.7. The lowest BCUT2D eigenvalue weighted by atomic mass is 10.00. The monoisotopic (exact) mass is 405 g/mol. The molecule has 3 aromatic rings. The molecule has 152 valence electrons. The van der Waals surface area contributed by atoms with E-state index in [1.54, 1.807) is 24.5 Å². The zero-order chi connectivity index (χ0) is 20.9. The van der Waals surface area contributed by atoms with Crippen LogP contribution in [0.25, 0.3) is 11.4 Å². The van der Waals surface area contributed by atoms with Crippen molar-refractivity contribution in [2.75, 3.05) is 37.7 Å². The number of benzene rings is 1. The topological polar surface area (TPSA) is 144 Å². The summed E-state index contributed by atoms with van der Waals surface area (Å²) in [5.41, 5.74) is 7.48. The Bertz CT molecular complexity index is 1080. The smallest absolute Gasteiger partial charge is 0.318 e. The fraction of sp³-hybridized carbons (Fsp3) is 0.300. The number of carbonyl (C=O) groups is 1. The average molecular weight is 405 g/mol. The number of anilines is 1. The molecule has 30 heavy (non-hydrogen) atoms. The Morgan fingerprint density at radius 1 is 1.20 bits per heavy atom. The van der Waals surface area contributed by atoms with E-state index in [2.05, 4.69) is 20.2 Å². The van der Waals surface area contributed by atoms with Crippen molar-refractivity contribution in [1.82, 2.24) is 20.2 Å². The quantitative estimate of drug-likeness (QED) is 0.589. The lowest BCUT2D eigenvalue weighted by molar-refractivity contribution is 0.100. The number of ether oxygens (including phenoxy) is 1. The summed E-state index contributed by atoms with van der Waals surface area (Å²) in [6.07, 6.45) is 4.00. The van der Waals surface area contributed by atoms with Gasteiger partial charge in [0.15, 0.2) is 5.82 Å². The van der Waals surface area contributed by atoms with Crippen LogP contribution in [-0.2, 0) is 11.2 Å². The van der Waals surface area contributed by atoms with Crippen LogP contribution >= 0.6 is 0 Å². The maximum atomic E-state index is 13.2. The van der Waals surface area contributed by atoms with Gasteiger partial charge >= 0.3 is 6.01 Å². The molecule has 2 N–H and O–H groups in total. The maximum Gasteiger partial charge on any atom is 0.318 e. The van der Waals surface area contributed by atoms with Crippen molar-refractivity contribution in [1.29, 1.82) is 5.26 Å². The minimum absolute atomic E-state index is 0.160. The lowest BCUT2D eigenvalue weighted by Gasteiger charge is -2.24. The molecule has 3 heterocycles. The zero-order valence-electron chi connectivity index (χ0n) is 16.1. The van der Waals surface area contributed by atoms with Crippen molar-refractivity contribution in [3.05, 3.63) is 53.2 Å². The van der Waals surface area contributed by atoms with Crippen molar-refractivity contribution in [3.8, 4) is 17.5 Å². The lowest BCUT2D eigenvalue weighted by Crippen LogP contribution is -2.36. The first-order valence-electron chi connectivity index (χ1n) is 9.46. The Kier molecular flexibility index (Phi) is 5.74. The van der Waals surface area contributed by atoms with E-state index in [9.17, 15) is 10.1 Å². The predicted molar refractivity (Wildman–Crippen MR) is 106 cm³/mol. The third-order valence-electron chi connectivity index (χ3n) is 4.66. The molecular weight excluding hydrogens is 386 g/mol. The number of nitriles is 1. The number of rotatable bonds is 6. The fourth-order valence-corrected chi connectivity index (χ4v) is 3.09. The van der Waals surface area contributed by atoms with Gasteiger partial charge in [-0.3, -0.25) is 4.79 Å². The van der Waals surface area contributed by atoms with E-state index in [-0.39, 0.29) is 17.5 Å². The largest absolute Gasteiger partial charge is 0.400 e. The van der Waals surface area contributed by atoms with Crippen molar-refractivity contribution in [3.63, 3.8) is 0 Å². The average Bonchev–Trinajstić information content (AvgIpc) is 3.30. The van der Waals surface area contributed by atoms with Gasteiger partial charge < -0.3 is 19.8 Å². The number of ketones is 1. The molecule has 1 aromatic carbocycles. The highest BCUT2D eigenvalue weighted by Gasteiger charge is 2.25. The summed E-state index contributed by atoms with van der Waals surface area (Å²) in [6, 6.07) is 7.03. The first kappa shape index (κ1) is 19.6. The van der Waals surface area contributed by atoms with Crippen LogP contribution in [-0.4, -0.2) is 58.8 Å². The van der Waals surface area contributed by atoms with E-state index in [0.717, 1.165) is 5.56 Å². The molecule has 0 unspecified atom stereocenters. The van der Waals surface area contributed by atoms with Gasteiger partial charge in [0.2, 0.25) is 0 Å². The minimum Gasteiger partial charge on any atom is -0.400 e. The second kappa shape index (κ2) is 8.77. The Hall–Kier alpha value is -3.68. The number of carbonyl (C=O) groups excluding carboxylic acids is 1. The number of hydrogen-bond acceptors (Lipinski definition) is 10. The standard InChI is InChI=1S/C20H19N7O3/c21-4-3-14-11-23-18(24-12-14)15-2-1-13(10-22)9-16(15)17(28)19-25-26-20(30-19)27-5-7-29-8-6-27/h1-2,9,11-12H,3-8,21H2. The molecule has 1 saturated heterocycles. The molecule has 0 bridgehead atoms. The van der Waals surface area contributed by atoms with Gasteiger partial charge in [-0.2, -0.15) is 5.26 Å². The van der Waals surface area contributed by atoms with Crippen molar-refractivity contribution in [2.24, 2.45) is 5.73 Å².